The molecule has 0 heterocycles. The number of rotatable bonds is 10. The third-order valence-corrected chi connectivity index (χ3v) is 3.89. The van der Waals surface area contributed by atoms with E-state index in [4.69, 9.17) is 15.2 Å². The molecule has 6 nitrogen and oxygen atoms in total. The van der Waals surface area contributed by atoms with Crippen molar-refractivity contribution >= 4 is 11.7 Å². The topological polar surface area (TPSA) is 90.7 Å². The minimum absolute atomic E-state index is 0.247. The maximum atomic E-state index is 13.0. The van der Waals surface area contributed by atoms with Crippen molar-refractivity contribution in [3.8, 4) is 11.5 Å². The van der Waals surface area contributed by atoms with Gasteiger partial charge in [-0.15, -0.1) is 0 Å². The normalized spacial score (nSPS) is 10.3. The molecule has 0 aliphatic carbocycles. The fourth-order valence-electron chi connectivity index (χ4n) is 2.63. The molecular weight excluding hydrogens is 344 g/mol. The van der Waals surface area contributed by atoms with Crippen LogP contribution in [0, 0.1) is 0 Å². The molecule has 144 valence electrons. The lowest BCUT2D eigenvalue weighted by atomic mass is 9.97. The summed E-state index contributed by atoms with van der Waals surface area (Å²) in [7, 11) is 0. The Morgan fingerprint density at radius 3 is 2.30 bits per heavy atom. The number of hydrogen-bond donors (Lipinski definition) is 2. The summed E-state index contributed by atoms with van der Waals surface area (Å²) in [5.74, 6) is 0.561. The van der Waals surface area contributed by atoms with Crippen molar-refractivity contribution in [2.24, 2.45) is 5.73 Å². The zero-order valence-electron chi connectivity index (χ0n) is 15.8. The molecular formula is C21H26N2O4. The Balaban J connectivity index is 2.32. The van der Waals surface area contributed by atoms with E-state index in [0.717, 1.165) is 0 Å². The molecule has 2 aromatic carbocycles. The molecule has 0 aromatic heterocycles. The summed E-state index contributed by atoms with van der Waals surface area (Å²) in [6.07, 6.45) is 0.679. The number of carbonyl (C=O) groups is 2. The van der Waals surface area contributed by atoms with Crippen LogP contribution in [-0.4, -0.2) is 38.0 Å². The van der Waals surface area contributed by atoms with E-state index in [9.17, 15) is 9.59 Å². The summed E-state index contributed by atoms with van der Waals surface area (Å²) in [5, 5.41) is 2.79. The highest BCUT2D eigenvalue weighted by molar-refractivity contribution is 6.15. The Hall–Kier alpha value is -2.86. The third-order valence-electron chi connectivity index (χ3n) is 3.89. The summed E-state index contributed by atoms with van der Waals surface area (Å²) in [5.41, 5.74) is 6.57. The van der Waals surface area contributed by atoms with Gasteiger partial charge < -0.3 is 20.5 Å². The SMILES string of the molecule is CCOc1ccc(C(=O)c2ccccc2C(=O)NCCCN)cc1OCC. The molecule has 0 aliphatic heterocycles. The highest BCUT2D eigenvalue weighted by atomic mass is 16.5. The van der Waals surface area contributed by atoms with E-state index in [0.29, 0.717) is 60.9 Å². The van der Waals surface area contributed by atoms with E-state index < -0.39 is 0 Å². The van der Waals surface area contributed by atoms with Crippen LogP contribution in [0.5, 0.6) is 11.5 Å². The molecule has 0 unspecified atom stereocenters. The first kappa shape index (κ1) is 20.5. The third kappa shape index (κ3) is 5.31. The highest BCUT2D eigenvalue weighted by Gasteiger charge is 2.19. The predicted octanol–water partition coefficient (Wildman–Crippen LogP) is 2.79. The lowest BCUT2D eigenvalue weighted by Gasteiger charge is -2.13. The van der Waals surface area contributed by atoms with Crippen molar-refractivity contribution in [2.45, 2.75) is 20.3 Å². The summed E-state index contributed by atoms with van der Waals surface area (Å²) in [4.78, 5) is 25.5. The number of carbonyl (C=O) groups excluding carboxylic acids is 2. The van der Waals surface area contributed by atoms with Crippen molar-refractivity contribution < 1.29 is 19.1 Å². The van der Waals surface area contributed by atoms with Crippen LogP contribution in [0.15, 0.2) is 42.5 Å². The zero-order valence-corrected chi connectivity index (χ0v) is 15.8. The molecule has 0 fully saturated rings. The van der Waals surface area contributed by atoms with Gasteiger partial charge in [0.05, 0.1) is 18.8 Å². The highest BCUT2D eigenvalue weighted by Crippen LogP contribution is 2.29. The Morgan fingerprint density at radius 2 is 1.63 bits per heavy atom. The molecule has 0 spiro atoms. The number of nitrogens with one attached hydrogen (secondary N) is 1. The largest absolute Gasteiger partial charge is 0.490 e. The van der Waals surface area contributed by atoms with Crippen molar-refractivity contribution in [1.82, 2.24) is 5.32 Å². The van der Waals surface area contributed by atoms with Gasteiger partial charge in [-0.25, -0.2) is 0 Å². The summed E-state index contributed by atoms with van der Waals surface area (Å²) in [6, 6.07) is 11.8. The first-order chi connectivity index (χ1) is 13.1. The molecule has 3 N–H and O–H groups in total. The van der Waals surface area contributed by atoms with Crippen LogP contribution >= 0.6 is 0 Å². The van der Waals surface area contributed by atoms with E-state index in [1.54, 1.807) is 42.5 Å². The van der Waals surface area contributed by atoms with E-state index in [1.807, 2.05) is 13.8 Å². The number of hydrogen-bond acceptors (Lipinski definition) is 5. The first-order valence-electron chi connectivity index (χ1n) is 9.14. The van der Waals surface area contributed by atoms with E-state index >= 15 is 0 Å². The standard InChI is InChI=1S/C21H26N2O4/c1-3-26-18-11-10-15(14-19(18)27-4-2)20(24)16-8-5-6-9-17(16)21(25)23-13-7-12-22/h5-6,8-11,14H,3-4,7,12-13,22H2,1-2H3,(H,23,25). The Kier molecular flexibility index (Phi) is 7.82. The average molecular weight is 370 g/mol. The van der Waals surface area contributed by atoms with Gasteiger partial charge >= 0.3 is 0 Å². The smallest absolute Gasteiger partial charge is 0.252 e. The molecule has 27 heavy (non-hydrogen) atoms. The number of ketones is 1. The van der Waals surface area contributed by atoms with Crippen LogP contribution < -0.4 is 20.5 Å². The average Bonchev–Trinajstić information content (AvgIpc) is 2.69. The molecule has 0 atom stereocenters. The lowest BCUT2D eigenvalue weighted by molar-refractivity contribution is 0.0942. The fraction of sp³-hybridized carbons (Fsp3) is 0.333. The van der Waals surface area contributed by atoms with Gasteiger partial charge in [-0.1, -0.05) is 18.2 Å². The fourth-order valence-corrected chi connectivity index (χ4v) is 2.63. The summed E-state index contributed by atoms with van der Waals surface area (Å²) in [6.45, 7) is 5.67. The number of benzene rings is 2. The van der Waals surface area contributed by atoms with Crippen LogP contribution in [0.4, 0.5) is 0 Å². The van der Waals surface area contributed by atoms with Gasteiger partial charge in [-0.05, 0) is 51.1 Å². The van der Waals surface area contributed by atoms with Gasteiger partial charge in [0, 0.05) is 17.7 Å². The zero-order chi connectivity index (χ0) is 19.6. The number of nitrogens with two attached hydrogens (primary N) is 1. The second kappa shape index (κ2) is 10.3. The van der Waals surface area contributed by atoms with Gasteiger partial charge in [-0.3, -0.25) is 9.59 Å². The van der Waals surface area contributed by atoms with Crippen molar-refractivity contribution in [3.05, 3.63) is 59.2 Å². The maximum absolute atomic E-state index is 13.0. The Labute approximate surface area is 159 Å². The van der Waals surface area contributed by atoms with Crippen molar-refractivity contribution in [1.29, 1.82) is 0 Å². The minimum Gasteiger partial charge on any atom is -0.490 e. The maximum Gasteiger partial charge on any atom is 0.252 e. The van der Waals surface area contributed by atoms with Gasteiger partial charge in [0.15, 0.2) is 17.3 Å². The summed E-state index contributed by atoms with van der Waals surface area (Å²) >= 11 is 0. The summed E-state index contributed by atoms with van der Waals surface area (Å²) < 4.78 is 11.1. The van der Waals surface area contributed by atoms with Crippen molar-refractivity contribution in [3.63, 3.8) is 0 Å². The lowest BCUT2D eigenvalue weighted by Crippen LogP contribution is -2.27. The molecule has 1 amide bonds. The van der Waals surface area contributed by atoms with Gasteiger partial charge in [0.2, 0.25) is 0 Å². The van der Waals surface area contributed by atoms with E-state index in [1.165, 1.54) is 0 Å². The van der Waals surface area contributed by atoms with Crippen molar-refractivity contribution in [2.75, 3.05) is 26.3 Å². The van der Waals surface area contributed by atoms with Crippen LogP contribution in [0.2, 0.25) is 0 Å². The van der Waals surface area contributed by atoms with E-state index in [2.05, 4.69) is 5.32 Å². The molecule has 0 saturated heterocycles. The molecule has 0 saturated carbocycles. The molecule has 0 aliphatic rings. The van der Waals surface area contributed by atoms with Gasteiger partial charge in [-0.2, -0.15) is 0 Å². The molecule has 0 radical (unpaired) electrons. The second-order valence-corrected chi connectivity index (χ2v) is 5.80. The Bertz CT molecular complexity index is 790. The predicted molar refractivity (Wildman–Crippen MR) is 105 cm³/mol. The van der Waals surface area contributed by atoms with Gasteiger partial charge in [0.1, 0.15) is 0 Å². The first-order valence-corrected chi connectivity index (χ1v) is 9.14. The number of ether oxygens (including phenoxy) is 2. The van der Waals surface area contributed by atoms with Crippen LogP contribution in [0.1, 0.15) is 46.5 Å². The number of amides is 1. The van der Waals surface area contributed by atoms with Crippen LogP contribution in [0.25, 0.3) is 0 Å². The molecule has 2 rings (SSSR count). The second-order valence-electron chi connectivity index (χ2n) is 5.80. The minimum atomic E-state index is -0.289. The van der Waals surface area contributed by atoms with E-state index in [-0.39, 0.29) is 11.7 Å². The van der Waals surface area contributed by atoms with Gasteiger partial charge in [0.25, 0.3) is 5.91 Å². The molecule has 2 aromatic rings. The van der Waals surface area contributed by atoms with Crippen LogP contribution in [0.3, 0.4) is 0 Å². The quantitative estimate of drug-likeness (QED) is 0.496. The molecule has 6 heteroatoms. The molecule has 0 bridgehead atoms. The van der Waals surface area contributed by atoms with Crippen LogP contribution in [-0.2, 0) is 0 Å². The monoisotopic (exact) mass is 370 g/mol. The Morgan fingerprint density at radius 1 is 0.963 bits per heavy atom.